The summed E-state index contributed by atoms with van der Waals surface area (Å²) in [6.45, 7) is 4.33. The van der Waals surface area contributed by atoms with E-state index in [4.69, 9.17) is 14.5 Å². The zero-order chi connectivity index (χ0) is 20.4. The Labute approximate surface area is 172 Å². The number of rotatable bonds is 5. The van der Waals surface area contributed by atoms with Crippen molar-refractivity contribution in [2.24, 2.45) is 0 Å². The van der Waals surface area contributed by atoms with E-state index < -0.39 is 0 Å². The van der Waals surface area contributed by atoms with Crippen LogP contribution in [0, 0.1) is 6.92 Å². The molecule has 1 aromatic heterocycles. The number of nitrogens with one attached hydrogen (secondary N) is 1. The third-order valence-corrected chi connectivity index (χ3v) is 6.42. The summed E-state index contributed by atoms with van der Waals surface area (Å²) in [5, 5.41) is 0. The van der Waals surface area contributed by atoms with Gasteiger partial charge in [0.2, 0.25) is 0 Å². The lowest BCUT2D eigenvalue weighted by atomic mass is 9.88. The van der Waals surface area contributed by atoms with Crippen molar-refractivity contribution in [1.82, 2.24) is 14.9 Å². The van der Waals surface area contributed by atoms with Crippen molar-refractivity contribution in [2.75, 3.05) is 20.8 Å². The van der Waals surface area contributed by atoms with Crippen molar-refractivity contribution < 1.29 is 9.47 Å². The monoisotopic (exact) mass is 397 g/mol. The van der Waals surface area contributed by atoms with Gasteiger partial charge < -0.3 is 14.5 Å². The van der Waals surface area contributed by atoms with Crippen LogP contribution in [0.1, 0.15) is 66.2 Å². The first-order chi connectivity index (χ1) is 14.1. The second-order valence-electron chi connectivity index (χ2n) is 8.26. The summed E-state index contributed by atoms with van der Waals surface area (Å²) >= 11 is 0. The third-order valence-electron chi connectivity index (χ3n) is 6.42. The number of aromatic nitrogens is 2. The standard InChI is InChI=1S/C23H31N3O3/c1-15-20(28-2)10-9-17(21(15)29-3)13-26-12-11-18-19(14-26)24-22(25-23(18)27)16-7-5-4-6-8-16/h9-10,16H,4-8,11-14H2,1-3H3,(H,24,25,27). The van der Waals surface area contributed by atoms with Gasteiger partial charge in [0.1, 0.15) is 17.3 Å². The van der Waals surface area contributed by atoms with Crippen LogP contribution in [0.3, 0.4) is 0 Å². The van der Waals surface area contributed by atoms with Crippen molar-refractivity contribution in [3.8, 4) is 11.5 Å². The van der Waals surface area contributed by atoms with Crippen LogP contribution in [0.4, 0.5) is 0 Å². The second-order valence-corrected chi connectivity index (χ2v) is 8.26. The summed E-state index contributed by atoms with van der Waals surface area (Å²) in [5.41, 5.74) is 4.02. The molecule has 2 heterocycles. The minimum atomic E-state index is 0.0631. The molecule has 156 valence electrons. The smallest absolute Gasteiger partial charge is 0.254 e. The molecule has 0 unspecified atom stereocenters. The van der Waals surface area contributed by atoms with E-state index in [1.54, 1.807) is 14.2 Å². The number of ether oxygens (including phenoxy) is 2. The second kappa shape index (κ2) is 8.57. The Bertz CT molecular complexity index is 932. The van der Waals surface area contributed by atoms with Gasteiger partial charge >= 0.3 is 0 Å². The summed E-state index contributed by atoms with van der Waals surface area (Å²) < 4.78 is 11.1. The molecule has 0 spiro atoms. The maximum absolute atomic E-state index is 12.7. The van der Waals surface area contributed by atoms with Gasteiger partial charge in [0.25, 0.3) is 5.56 Å². The Morgan fingerprint density at radius 2 is 1.97 bits per heavy atom. The lowest BCUT2D eigenvalue weighted by molar-refractivity contribution is 0.235. The first kappa shape index (κ1) is 20.0. The largest absolute Gasteiger partial charge is 0.496 e. The maximum atomic E-state index is 12.7. The van der Waals surface area contributed by atoms with Crippen LogP contribution in [0.5, 0.6) is 11.5 Å². The minimum Gasteiger partial charge on any atom is -0.496 e. The molecule has 1 N–H and O–H groups in total. The van der Waals surface area contributed by atoms with Crippen LogP contribution in [-0.4, -0.2) is 35.6 Å². The molecule has 1 aliphatic heterocycles. The molecule has 1 aliphatic carbocycles. The van der Waals surface area contributed by atoms with Crippen molar-refractivity contribution in [3.05, 3.63) is 50.7 Å². The quantitative estimate of drug-likeness (QED) is 0.833. The number of hydrogen-bond donors (Lipinski definition) is 1. The summed E-state index contributed by atoms with van der Waals surface area (Å²) in [6, 6.07) is 4.06. The Balaban J connectivity index is 1.56. The van der Waals surface area contributed by atoms with Crippen LogP contribution in [0.2, 0.25) is 0 Å². The molecule has 2 aromatic rings. The highest BCUT2D eigenvalue weighted by molar-refractivity contribution is 5.49. The van der Waals surface area contributed by atoms with Gasteiger partial charge in [-0.2, -0.15) is 0 Å². The number of methoxy groups -OCH3 is 2. The average Bonchev–Trinajstić information content (AvgIpc) is 2.74. The van der Waals surface area contributed by atoms with Crippen molar-refractivity contribution in [1.29, 1.82) is 0 Å². The molecule has 0 bridgehead atoms. The summed E-state index contributed by atoms with van der Waals surface area (Å²) in [6.07, 6.45) is 6.76. The van der Waals surface area contributed by atoms with E-state index in [0.29, 0.717) is 12.5 Å². The summed E-state index contributed by atoms with van der Waals surface area (Å²) in [5.74, 6) is 3.01. The highest BCUT2D eigenvalue weighted by Crippen LogP contribution is 2.33. The zero-order valence-corrected chi connectivity index (χ0v) is 17.7. The minimum absolute atomic E-state index is 0.0631. The first-order valence-electron chi connectivity index (χ1n) is 10.7. The topological polar surface area (TPSA) is 67.5 Å². The van der Waals surface area contributed by atoms with E-state index in [9.17, 15) is 4.79 Å². The molecule has 2 aliphatic rings. The molecule has 0 radical (unpaired) electrons. The van der Waals surface area contributed by atoms with Crippen LogP contribution in [0.15, 0.2) is 16.9 Å². The Morgan fingerprint density at radius 3 is 2.69 bits per heavy atom. The van der Waals surface area contributed by atoms with Crippen molar-refractivity contribution in [3.63, 3.8) is 0 Å². The number of nitrogens with zero attached hydrogens (tertiary/aromatic N) is 2. The third kappa shape index (κ3) is 4.04. The zero-order valence-electron chi connectivity index (χ0n) is 17.7. The molecule has 29 heavy (non-hydrogen) atoms. The molecule has 4 rings (SSSR count). The van der Waals surface area contributed by atoms with E-state index in [1.165, 1.54) is 19.3 Å². The molecule has 6 nitrogen and oxygen atoms in total. The number of benzene rings is 1. The fourth-order valence-electron chi connectivity index (χ4n) is 4.82. The predicted molar refractivity (Wildman–Crippen MR) is 113 cm³/mol. The van der Waals surface area contributed by atoms with Crippen LogP contribution in [0.25, 0.3) is 0 Å². The normalized spacial score (nSPS) is 17.8. The maximum Gasteiger partial charge on any atom is 0.254 e. The van der Waals surface area contributed by atoms with Crippen LogP contribution < -0.4 is 15.0 Å². The number of H-pyrrole nitrogens is 1. The van der Waals surface area contributed by atoms with Gasteiger partial charge in [-0.1, -0.05) is 25.3 Å². The molecule has 1 saturated carbocycles. The first-order valence-corrected chi connectivity index (χ1v) is 10.7. The Kier molecular flexibility index (Phi) is 5.90. The number of aromatic amines is 1. The van der Waals surface area contributed by atoms with E-state index in [0.717, 1.165) is 72.1 Å². The van der Waals surface area contributed by atoms with E-state index >= 15 is 0 Å². The van der Waals surface area contributed by atoms with Gasteiger partial charge in [0.05, 0.1) is 19.9 Å². The molecule has 0 saturated heterocycles. The molecular formula is C23H31N3O3. The van der Waals surface area contributed by atoms with E-state index in [-0.39, 0.29) is 5.56 Å². The van der Waals surface area contributed by atoms with E-state index in [1.807, 2.05) is 13.0 Å². The highest BCUT2D eigenvalue weighted by Gasteiger charge is 2.25. The van der Waals surface area contributed by atoms with Gasteiger partial charge in [-0.15, -0.1) is 0 Å². The Hall–Kier alpha value is -2.34. The average molecular weight is 398 g/mol. The fraction of sp³-hybridized carbons (Fsp3) is 0.565. The molecule has 1 fully saturated rings. The Morgan fingerprint density at radius 1 is 1.17 bits per heavy atom. The van der Waals surface area contributed by atoms with Crippen LogP contribution >= 0.6 is 0 Å². The van der Waals surface area contributed by atoms with Gasteiger partial charge in [0, 0.05) is 42.2 Å². The molecule has 0 atom stereocenters. The molecule has 0 amide bonds. The molecule has 6 heteroatoms. The lowest BCUT2D eigenvalue weighted by Gasteiger charge is -2.29. The number of fused-ring (bicyclic) bond motifs is 1. The van der Waals surface area contributed by atoms with Gasteiger partial charge in [0.15, 0.2) is 0 Å². The highest BCUT2D eigenvalue weighted by atomic mass is 16.5. The van der Waals surface area contributed by atoms with Gasteiger partial charge in [-0.05, 0) is 32.3 Å². The summed E-state index contributed by atoms with van der Waals surface area (Å²) in [7, 11) is 3.38. The SMILES string of the molecule is COc1ccc(CN2CCc3c(nc(C4CCCCC4)[nH]c3=O)C2)c(OC)c1C. The van der Waals surface area contributed by atoms with Gasteiger partial charge in [-0.25, -0.2) is 4.98 Å². The fourth-order valence-corrected chi connectivity index (χ4v) is 4.82. The van der Waals surface area contributed by atoms with Crippen molar-refractivity contribution >= 4 is 0 Å². The summed E-state index contributed by atoms with van der Waals surface area (Å²) in [4.78, 5) is 23.0. The van der Waals surface area contributed by atoms with E-state index in [2.05, 4.69) is 16.0 Å². The predicted octanol–water partition coefficient (Wildman–Crippen LogP) is 3.70. The lowest BCUT2D eigenvalue weighted by Crippen LogP contribution is -2.35. The molecule has 1 aromatic carbocycles. The van der Waals surface area contributed by atoms with Gasteiger partial charge in [-0.3, -0.25) is 9.69 Å². The number of hydrogen-bond acceptors (Lipinski definition) is 5. The molecular weight excluding hydrogens is 366 g/mol. The van der Waals surface area contributed by atoms with Crippen LogP contribution in [-0.2, 0) is 19.5 Å². The van der Waals surface area contributed by atoms with Crippen molar-refractivity contribution in [2.45, 2.75) is 64.5 Å².